The molecule has 2 aromatic carbocycles. The first-order chi connectivity index (χ1) is 13.8. The normalized spacial score (nSPS) is 14.8. The quantitative estimate of drug-likeness (QED) is 0.783. The first-order valence-electron chi connectivity index (χ1n) is 9.96. The highest BCUT2D eigenvalue weighted by atomic mass is 32.2. The van der Waals surface area contributed by atoms with Crippen LogP contribution in [0.1, 0.15) is 30.4 Å². The van der Waals surface area contributed by atoms with Crippen molar-refractivity contribution in [2.24, 2.45) is 0 Å². The van der Waals surface area contributed by atoms with E-state index in [4.69, 9.17) is 0 Å². The van der Waals surface area contributed by atoms with E-state index in [1.165, 1.54) is 26.3 Å². The third kappa shape index (κ3) is 5.16. The van der Waals surface area contributed by atoms with E-state index in [0.717, 1.165) is 34.2 Å². The van der Waals surface area contributed by atoms with Crippen molar-refractivity contribution in [3.8, 4) is 0 Å². The molecule has 3 rings (SSSR count). The van der Waals surface area contributed by atoms with Crippen LogP contribution in [-0.4, -0.2) is 45.3 Å². The number of benzene rings is 2. The summed E-state index contributed by atoms with van der Waals surface area (Å²) in [5.74, 6) is -0.370. The summed E-state index contributed by atoms with van der Waals surface area (Å²) in [7, 11) is -2.30. The Bertz CT molecular complexity index is 965. The zero-order valence-electron chi connectivity index (χ0n) is 17.3. The molecule has 7 heteroatoms. The SMILES string of the molecule is Cc1ccc(S(=O)(=O)N(C)CC(=O)Nc2ccc(N3CCCCC3)cc2)cc1C. The van der Waals surface area contributed by atoms with E-state index < -0.39 is 10.0 Å². The molecule has 0 saturated carbocycles. The molecule has 0 spiro atoms. The third-order valence-electron chi connectivity index (χ3n) is 5.43. The molecule has 156 valence electrons. The molecule has 0 bridgehead atoms. The van der Waals surface area contributed by atoms with Gasteiger partial charge in [-0.25, -0.2) is 8.42 Å². The molecule has 1 saturated heterocycles. The van der Waals surface area contributed by atoms with Gasteiger partial charge in [0.15, 0.2) is 0 Å². The van der Waals surface area contributed by atoms with Crippen LogP contribution in [0, 0.1) is 13.8 Å². The Morgan fingerprint density at radius 1 is 1.00 bits per heavy atom. The van der Waals surface area contributed by atoms with Gasteiger partial charge in [0.2, 0.25) is 15.9 Å². The Labute approximate surface area is 173 Å². The van der Waals surface area contributed by atoms with Gasteiger partial charge in [0.1, 0.15) is 0 Å². The summed E-state index contributed by atoms with van der Waals surface area (Å²) in [5.41, 5.74) is 3.74. The number of rotatable bonds is 6. The van der Waals surface area contributed by atoms with Crippen molar-refractivity contribution in [3.63, 3.8) is 0 Å². The fourth-order valence-electron chi connectivity index (χ4n) is 3.45. The van der Waals surface area contributed by atoms with Crippen molar-refractivity contribution in [1.29, 1.82) is 0 Å². The van der Waals surface area contributed by atoms with Crippen LogP contribution in [-0.2, 0) is 14.8 Å². The van der Waals surface area contributed by atoms with Gasteiger partial charge in [0.25, 0.3) is 0 Å². The number of aryl methyl sites for hydroxylation is 2. The highest BCUT2D eigenvalue weighted by molar-refractivity contribution is 7.89. The number of hydrogen-bond acceptors (Lipinski definition) is 4. The molecule has 1 fully saturated rings. The fraction of sp³-hybridized carbons (Fsp3) is 0.409. The number of carbonyl (C=O) groups excluding carboxylic acids is 1. The Kier molecular flexibility index (Phi) is 6.59. The van der Waals surface area contributed by atoms with Crippen molar-refractivity contribution < 1.29 is 13.2 Å². The molecule has 0 radical (unpaired) electrons. The monoisotopic (exact) mass is 415 g/mol. The van der Waals surface area contributed by atoms with Crippen LogP contribution >= 0.6 is 0 Å². The second kappa shape index (κ2) is 8.97. The van der Waals surface area contributed by atoms with Crippen molar-refractivity contribution >= 4 is 27.3 Å². The summed E-state index contributed by atoms with van der Waals surface area (Å²) in [6.45, 7) is 5.68. The predicted octanol–water partition coefficient (Wildman–Crippen LogP) is 3.55. The number of hydrogen-bond donors (Lipinski definition) is 1. The summed E-state index contributed by atoms with van der Waals surface area (Å²) >= 11 is 0. The largest absolute Gasteiger partial charge is 0.372 e. The summed E-state index contributed by atoms with van der Waals surface area (Å²) in [5, 5.41) is 2.78. The van der Waals surface area contributed by atoms with Crippen LogP contribution in [0.25, 0.3) is 0 Å². The number of sulfonamides is 1. The van der Waals surface area contributed by atoms with Gasteiger partial charge in [-0.05, 0) is 80.6 Å². The average Bonchev–Trinajstić information content (AvgIpc) is 2.71. The molecular weight excluding hydrogens is 386 g/mol. The van der Waals surface area contributed by atoms with Gasteiger partial charge in [0, 0.05) is 31.5 Å². The lowest BCUT2D eigenvalue weighted by atomic mass is 10.1. The Balaban J connectivity index is 1.61. The van der Waals surface area contributed by atoms with E-state index in [0.29, 0.717) is 5.69 Å². The molecule has 29 heavy (non-hydrogen) atoms. The second-order valence-electron chi connectivity index (χ2n) is 7.65. The summed E-state index contributed by atoms with van der Waals surface area (Å²) in [4.78, 5) is 14.9. The van der Waals surface area contributed by atoms with E-state index in [-0.39, 0.29) is 17.3 Å². The molecular formula is C22H29N3O3S. The Morgan fingerprint density at radius 3 is 2.28 bits per heavy atom. The lowest BCUT2D eigenvalue weighted by Gasteiger charge is -2.28. The maximum absolute atomic E-state index is 12.7. The standard InChI is InChI=1S/C22H29N3O3S/c1-17-7-12-21(15-18(17)2)29(27,28)24(3)16-22(26)23-19-8-10-20(11-9-19)25-13-5-4-6-14-25/h7-12,15H,4-6,13-14,16H2,1-3H3,(H,23,26). The van der Waals surface area contributed by atoms with E-state index in [9.17, 15) is 13.2 Å². The number of nitrogens with one attached hydrogen (secondary N) is 1. The molecule has 1 N–H and O–H groups in total. The molecule has 6 nitrogen and oxygen atoms in total. The van der Waals surface area contributed by atoms with Crippen molar-refractivity contribution in [1.82, 2.24) is 4.31 Å². The van der Waals surface area contributed by atoms with Crippen LogP contribution in [0.2, 0.25) is 0 Å². The smallest absolute Gasteiger partial charge is 0.243 e. The highest BCUT2D eigenvalue weighted by Gasteiger charge is 2.23. The summed E-state index contributed by atoms with van der Waals surface area (Å²) in [6.07, 6.45) is 3.70. The fourth-order valence-corrected chi connectivity index (χ4v) is 4.66. The van der Waals surface area contributed by atoms with Gasteiger partial charge in [0.05, 0.1) is 11.4 Å². The Morgan fingerprint density at radius 2 is 1.66 bits per heavy atom. The summed E-state index contributed by atoms with van der Waals surface area (Å²) < 4.78 is 26.6. The van der Waals surface area contributed by atoms with Crippen molar-refractivity contribution in [3.05, 3.63) is 53.6 Å². The van der Waals surface area contributed by atoms with Crippen LogP contribution in [0.3, 0.4) is 0 Å². The number of carbonyl (C=O) groups is 1. The molecule has 0 aromatic heterocycles. The predicted molar refractivity (Wildman–Crippen MR) is 117 cm³/mol. The lowest BCUT2D eigenvalue weighted by Crippen LogP contribution is -2.35. The topological polar surface area (TPSA) is 69.7 Å². The molecule has 0 atom stereocenters. The maximum atomic E-state index is 12.7. The van der Waals surface area contributed by atoms with Crippen LogP contribution in [0.4, 0.5) is 11.4 Å². The second-order valence-corrected chi connectivity index (χ2v) is 9.69. The van der Waals surface area contributed by atoms with Crippen LogP contribution in [0.5, 0.6) is 0 Å². The molecule has 1 aliphatic rings. The van der Waals surface area contributed by atoms with Crippen LogP contribution in [0.15, 0.2) is 47.4 Å². The van der Waals surface area contributed by atoms with E-state index >= 15 is 0 Å². The minimum atomic E-state index is -3.72. The van der Waals surface area contributed by atoms with Crippen molar-refractivity contribution in [2.75, 3.05) is 36.9 Å². The van der Waals surface area contributed by atoms with E-state index in [2.05, 4.69) is 10.2 Å². The van der Waals surface area contributed by atoms with Gasteiger partial charge in [-0.1, -0.05) is 6.07 Å². The molecule has 1 aliphatic heterocycles. The maximum Gasteiger partial charge on any atom is 0.243 e. The zero-order chi connectivity index (χ0) is 21.0. The van der Waals surface area contributed by atoms with Gasteiger partial charge >= 0.3 is 0 Å². The molecule has 2 aromatic rings. The molecule has 1 amide bonds. The van der Waals surface area contributed by atoms with Crippen molar-refractivity contribution in [2.45, 2.75) is 38.0 Å². The Hall–Kier alpha value is -2.38. The van der Waals surface area contributed by atoms with Gasteiger partial charge < -0.3 is 10.2 Å². The first kappa shape index (κ1) is 21.3. The number of anilines is 2. The number of piperidine rings is 1. The van der Waals surface area contributed by atoms with Gasteiger partial charge in [-0.2, -0.15) is 4.31 Å². The van der Waals surface area contributed by atoms with Gasteiger partial charge in [-0.15, -0.1) is 0 Å². The third-order valence-corrected chi connectivity index (χ3v) is 7.22. The summed E-state index contributed by atoms with van der Waals surface area (Å²) in [6, 6.07) is 12.7. The minimum absolute atomic E-state index is 0.196. The molecule has 0 aliphatic carbocycles. The first-order valence-corrected chi connectivity index (χ1v) is 11.4. The molecule has 0 unspecified atom stereocenters. The minimum Gasteiger partial charge on any atom is -0.372 e. The average molecular weight is 416 g/mol. The number of likely N-dealkylation sites (N-methyl/N-ethyl adjacent to an activating group) is 1. The van der Waals surface area contributed by atoms with Crippen LogP contribution < -0.4 is 10.2 Å². The van der Waals surface area contributed by atoms with Gasteiger partial charge in [-0.3, -0.25) is 4.79 Å². The number of amides is 1. The van der Waals surface area contributed by atoms with E-state index in [1.54, 1.807) is 18.2 Å². The zero-order valence-corrected chi connectivity index (χ0v) is 18.1. The number of nitrogens with zero attached hydrogens (tertiary/aromatic N) is 2. The lowest BCUT2D eigenvalue weighted by molar-refractivity contribution is -0.116. The molecule has 1 heterocycles. The highest BCUT2D eigenvalue weighted by Crippen LogP contribution is 2.22. The van der Waals surface area contributed by atoms with E-state index in [1.807, 2.05) is 38.1 Å².